The normalized spacial score (nSPS) is 15.4. The summed E-state index contributed by atoms with van der Waals surface area (Å²) in [6.07, 6.45) is 10.9. The fourth-order valence-corrected chi connectivity index (χ4v) is 4.49. The van der Waals surface area contributed by atoms with Crippen LogP contribution in [0.3, 0.4) is 0 Å². The summed E-state index contributed by atoms with van der Waals surface area (Å²) in [7, 11) is 0. The molecule has 3 aromatic rings. The first kappa shape index (κ1) is 15.5. The maximum Gasteiger partial charge on any atom is 0.0129 e. The fraction of sp³-hybridized carbons (Fsp3) is 0.231. The highest BCUT2D eigenvalue weighted by Crippen LogP contribution is 2.40. The summed E-state index contributed by atoms with van der Waals surface area (Å²) >= 11 is 0. The zero-order valence-corrected chi connectivity index (χ0v) is 15.0. The minimum Gasteiger partial charge on any atom is -0.103 e. The van der Waals surface area contributed by atoms with E-state index in [-0.39, 0.29) is 0 Å². The van der Waals surface area contributed by atoms with Gasteiger partial charge in [0.1, 0.15) is 0 Å². The van der Waals surface area contributed by atoms with Gasteiger partial charge in [-0.05, 0) is 69.8 Å². The van der Waals surface area contributed by atoms with Gasteiger partial charge in [-0.2, -0.15) is 0 Å². The Hall–Kier alpha value is -2.78. The molecule has 5 rings (SSSR count). The zero-order chi connectivity index (χ0) is 17.3. The van der Waals surface area contributed by atoms with Crippen LogP contribution in [-0.2, 0) is 19.3 Å². The maximum atomic E-state index is 3.38. The standard InChI is InChI=1S/C26H22/c1-2-4-12-22-18-16-20-10-6-8-14-24(20)26(22)25-21(11-3-1)17-15-19-9-5-7-13-23(19)25/h5-7,9-10,13,15-18H,3-4,8,11-12,14H2. The van der Waals surface area contributed by atoms with Crippen molar-refractivity contribution in [2.75, 3.05) is 0 Å². The molecule has 2 aliphatic rings. The Morgan fingerprint density at radius 2 is 1.46 bits per heavy atom. The van der Waals surface area contributed by atoms with Gasteiger partial charge in [-0.25, -0.2) is 0 Å². The second-order valence-corrected chi connectivity index (χ2v) is 7.28. The number of fused-ring (bicyclic) bond motifs is 7. The maximum absolute atomic E-state index is 3.38. The largest absolute Gasteiger partial charge is 0.103 e. The molecular weight excluding hydrogens is 312 g/mol. The Labute approximate surface area is 155 Å². The molecule has 0 saturated carbocycles. The first-order valence-electron chi connectivity index (χ1n) is 9.70. The van der Waals surface area contributed by atoms with Gasteiger partial charge in [0.15, 0.2) is 0 Å². The SMILES string of the molecule is C1#CCCc2ccc3ccccc3c2-c2c(ccc3c2CCC=C3)CC1. The van der Waals surface area contributed by atoms with Gasteiger partial charge in [-0.3, -0.25) is 0 Å². The summed E-state index contributed by atoms with van der Waals surface area (Å²) < 4.78 is 0. The van der Waals surface area contributed by atoms with Crippen molar-refractivity contribution in [3.8, 4) is 23.0 Å². The Balaban J connectivity index is 1.90. The van der Waals surface area contributed by atoms with Crippen LogP contribution in [0.15, 0.2) is 54.6 Å². The summed E-state index contributed by atoms with van der Waals surface area (Å²) in [6.45, 7) is 0. The Morgan fingerprint density at radius 1 is 0.692 bits per heavy atom. The first-order chi connectivity index (χ1) is 12.9. The van der Waals surface area contributed by atoms with E-state index in [2.05, 4.69) is 72.5 Å². The van der Waals surface area contributed by atoms with Crippen LogP contribution >= 0.6 is 0 Å². The average Bonchev–Trinajstić information content (AvgIpc) is 2.70. The molecule has 0 unspecified atom stereocenters. The Morgan fingerprint density at radius 3 is 2.35 bits per heavy atom. The molecular formula is C26H22. The van der Waals surface area contributed by atoms with Gasteiger partial charge in [0, 0.05) is 12.8 Å². The summed E-state index contributed by atoms with van der Waals surface area (Å²) in [4.78, 5) is 0. The third-order valence-corrected chi connectivity index (χ3v) is 5.72. The van der Waals surface area contributed by atoms with Crippen LogP contribution < -0.4 is 0 Å². The average molecular weight is 334 g/mol. The van der Waals surface area contributed by atoms with Crippen LogP contribution in [0.5, 0.6) is 0 Å². The number of rotatable bonds is 0. The lowest BCUT2D eigenvalue weighted by molar-refractivity contribution is 0.956. The van der Waals surface area contributed by atoms with E-state index in [0.717, 1.165) is 38.5 Å². The van der Waals surface area contributed by atoms with Crippen molar-refractivity contribution in [2.24, 2.45) is 0 Å². The number of allylic oxidation sites excluding steroid dienone is 1. The van der Waals surface area contributed by atoms with Crippen LogP contribution in [0.1, 0.15) is 41.5 Å². The van der Waals surface area contributed by atoms with Gasteiger partial charge in [0.25, 0.3) is 0 Å². The molecule has 0 aliphatic heterocycles. The Bertz CT molecular complexity index is 1090. The molecule has 0 heteroatoms. The molecule has 0 saturated heterocycles. The molecule has 126 valence electrons. The van der Waals surface area contributed by atoms with Crippen LogP contribution in [0.25, 0.3) is 28.0 Å². The fourth-order valence-electron chi connectivity index (χ4n) is 4.49. The highest BCUT2D eigenvalue weighted by Gasteiger charge is 2.20. The molecule has 0 heterocycles. The number of benzene rings is 3. The lowest BCUT2D eigenvalue weighted by Crippen LogP contribution is -2.05. The summed E-state index contributed by atoms with van der Waals surface area (Å²) in [5, 5.41) is 2.73. The Kier molecular flexibility index (Phi) is 3.87. The third kappa shape index (κ3) is 2.56. The van der Waals surface area contributed by atoms with Crippen molar-refractivity contribution in [1.82, 2.24) is 0 Å². The highest BCUT2D eigenvalue weighted by molar-refractivity contribution is 6.00. The summed E-state index contributed by atoms with van der Waals surface area (Å²) in [6, 6.07) is 18.1. The van der Waals surface area contributed by atoms with Crippen LogP contribution in [0.4, 0.5) is 0 Å². The molecule has 0 aromatic heterocycles. The summed E-state index contributed by atoms with van der Waals surface area (Å²) in [5.41, 5.74) is 8.82. The lowest BCUT2D eigenvalue weighted by atomic mass is 9.81. The number of hydrogen-bond donors (Lipinski definition) is 0. The molecule has 0 fully saturated rings. The molecule has 0 atom stereocenters. The van der Waals surface area contributed by atoms with E-state index in [1.165, 1.54) is 44.2 Å². The van der Waals surface area contributed by atoms with Gasteiger partial charge in [-0.15, -0.1) is 11.8 Å². The number of hydrogen-bond acceptors (Lipinski definition) is 0. The topological polar surface area (TPSA) is 0 Å². The van der Waals surface area contributed by atoms with Crippen molar-refractivity contribution in [1.29, 1.82) is 0 Å². The number of aryl methyl sites for hydroxylation is 2. The van der Waals surface area contributed by atoms with E-state index in [0.29, 0.717) is 0 Å². The third-order valence-electron chi connectivity index (χ3n) is 5.72. The van der Waals surface area contributed by atoms with Crippen molar-refractivity contribution in [3.05, 3.63) is 76.9 Å². The van der Waals surface area contributed by atoms with Gasteiger partial charge < -0.3 is 0 Å². The molecule has 0 spiro atoms. The van der Waals surface area contributed by atoms with Crippen molar-refractivity contribution < 1.29 is 0 Å². The first-order valence-corrected chi connectivity index (χ1v) is 9.70. The van der Waals surface area contributed by atoms with E-state index in [9.17, 15) is 0 Å². The zero-order valence-electron chi connectivity index (χ0n) is 15.0. The van der Waals surface area contributed by atoms with Gasteiger partial charge in [0.05, 0.1) is 0 Å². The van der Waals surface area contributed by atoms with Gasteiger partial charge >= 0.3 is 0 Å². The van der Waals surface area contributed by atoms with E-state index in [4.69, 9.17) is 0 Å². The smallest absolute Gasteiger partial charge is 0.0129 e. The van der Waals surface area contributed by atoms with Crippen LogP contribution in [0, 0.1) is 11.8 Å². The molecule has 26 heavy (non-hydrogen) atoms. The van der Waals surface area contributed by atoms with Gasteiger partial charge in [-0.1, -0.05) is 60.7 Å². The van der Waals surface area contributed by atoms with Crippen LogP contribution in [-0.4, -0.2) is 0 Å². The second-order valence-electron chi connectivity index (χ2n) is 7.28. The quantitative estimate of drug-likeness (QED) is 0.420. The molecule has 3 aromatic carbocycles. The van der Waals surface area contributed by atoms with Crippen LogP contribution in [0.2, 0.25) is 0 Å². The second kappa shape index (κ2) is 6.50. The van der Waals surface area contributed by atoms with E-state index in [1.54, 1.807) is 0 Å². The summed E-state index contributed by atoms with van der Waals surface area (Å²) in [5.74, 6) is 6.76. The highest BCUT2D eigenvalue weighted by atomic mass is 14.2. The molecule has 0 N–H and O–H groups in total. The molecule has 0 nitrogen and oxygen atoms in total. The molecule has 2 aliphatic carbocycles. The van der Waals surface area contributed by atoms with E-state index in [1.807, 2.05) is 0 Å². The van der Waals surface area contributed by atoms with Crippen molar-refractivity contribution in [2.45, 2.75) is 38.5 Å². The van der Waals surface area contributed by atoms with E-state index >= 15 is 0 Å². The van der Waals surface area contributed by atoms with E-state index < -0.39 is 0 Å². The monoisotopic (exact) mass is 334 g/mol. The predicted octanol–water partition coefficient (Wildman–Crippen LogP) is 6.35. The lowest BCUT2D eigenvalue weighted by Gasteiger charge is -2.23. The molecule has 0 amide bonds. The van der Waals surface area contributed by atoms with Crippen molar-refractivity contribution >= 4 is 16.8 Å². The molecule has 0 bridgehead atoms. The molecule has 0 radical (unpaired) electrons. The minimum atomic E-state index is 0.954. The predicted molar refractivity (Wildman–Crippen MR) is 111 cm³/mol. The van der Waals surface area contributed by atoms with Crippen molar-refractivity contribution in [3.63, 3.8) is 0 Å². The van der Waals surface area contributed by atoms with Gasteiger partial charge in [0.2, 0.25) is 0 Å². The minimum absolute atomic E-state index is 0.954.